The molecule has 0 aliphatic carbocycles. The zero-order chi connectivity index (χ0) is 7.56. The van der Waals surface area contributed by atoms with Crippen LogP contribution in [0.15, 0.2) is 11.4 Å². The summed E-state index contributed by atoms with van der Waals surface area (Å²) in [5, 5.41) is 10.4. The van der Waals surface area contributed by atoms with Crippen LogP contribution in [0.3, 0.4) is 0 Å². The predicted octanol–water partition coefficient (Wildman–Crippen LogP) is 2.67. The van der Waals surface area contributed by atoms with Crippen LogP contribution in [0.5, 0.6) is 0 Å². The van der Waals surface area contributed by atoms with Crippen molar-refractivity contribution in [2.45, 2.75) is 19.8 Å². The van der Waals surface area contributed by atoms with Crippen molar-refractivity contribution >= 4 is 17.0 Å². The first kappa shape index (κ1) is 7.57. The zero-order valence-electron chi connectivity index (χ0n) is 6.09. The van der Waals surface area contributed by atoms with Crippen LogP contribution in [-0.2, 0) is 0 Å². The van der Waals surface area contributed by atoms with E-state index in [1.165, 1.54) is 4.88 Å². The van der Waals surface area contributed by atoms with Gasteiger partial charge in [0.15, 0.2) is 0 Å². The normalized spacial score (nSPS) is 10.4. The maximum Gasteiger partial charge on any atom is 0.0711 e. The van der Waals surface area contributed by atoms with Crippen molar-refractivity contribution in [1.82, 2.24) is 0 Å². The van der Waals surface area contributed by atoms with Crippen LogP contribution in [0.25, 0.3) is 0 Å². The van der Waals surface area contributed by atoms with Crippen LogP contribution in [0.1, 0.15) is 24.6 Å². The molecule has 1 rings (SSSR count). The highest BCUT2D eigenvalue weighted by Gasteiger charge is 2.01. The molecule has 0 spiro atoms. The number of rotatable bonds is 2. The molecule has 1 aromatic heterocycles. The van der Waals surface area contributed by atoms with Gasteiger partial charge in [-0.25, -0.2) is 0 Å². The minimum atomic E-state index is 0.548. The number of hydrogen-bond donors (Lipinski definition) is 2. The van der Waals surface area contributed by atoms with E-state index in [2.05, 4.69) is 19.3 Å². The fraction of sp³-hybridized carbons (Fsp3) is 0.429. The third-order valence-electron chi connectivity index (χ3n) is 1.32. The Bertz CT molecular complexity index is 207. The molecule has 2 nitrogen and oxygen atoms in total. The van der Waals surface area contributed by atoms with E-state index in [9.17, 15) is 0 Å². The van der Waals surface area contributed by atoms with E-state index < -0.39 is 0 Å². The molecule has 0 aromatic carbocycles. The molecular formula is C7H11NOS. The highest BCUT2D eigenvalue weighted by molar-refractivity contribution is 7.10. The number of anilines is 1. The summed E-state index contributed by atoms with van der Waals surface area (Å²) in [6.07, 6.45) is 0. The minimum absolute atomic E-state index is 0.548. The lowest BCUT2D eigenvalue weighted by molar-refractivity contribution is 0.389. The second kappa shape index (κ2) is 3.03. The summed E-state index contributed by atoms with van der Waals surface area (Å²) in [5.74, 6) is 0.548. The Morgan fingerprint density at radius 2 is 2.30 bits per heavy atom. The molecule has 2 N–H and O–H groups in total. The van der Waals surface area contributed by atoms with Gasteiger partial charge in [0.1, 0.15) is 0 Å². The van der Waals surface area contributed by atoms with Crippen LogP contribution >= 0.6 is 11.3 Å². The van der Waals surface area contributed by atoms with E-state index in [1.54, 1.807) is 11.3 Å². The molecule has 0 amide bonds. The highest BCUT2D eigenvalue weighted by atomic mass is 32.1. The van der Waals surface area contributed by atoms with Gasteiger partial charge in [-0.05, 0) is 12.0 Å². The Kier molecular flexibility index (Phi) is 2.29. The molecule has 0 saturated heterocycles. The second-order valence-electron chi connectivity index (χ2n) is 2.50. The Labute approximate surface area is 64.5 Å². The lowest BCUT2D eigenvalue weighted by atomic mass is 10.2. The Morgan fingerprint density at radius 1 is 1.60 bits per heavy atom. The van der Waals surface area contributed by atoms with Crippen molar-refractivity contribution in [3.63, 3.8) is 0 Å². The van der Waals surface area contributed by atoms with E-state index >= 15 is 0 Å². The smallest absolute Gasteiger partial charge is 0.0711 e. The van der Waals surface area contributed by atoms with Gasteiger partial charge in [-0.2, -0.15) is 0 Å². The molecule has 0 atom stereocenters. The second-order valence-corrected chi connectivity index (χ2v) is 3.45. The molecule has 10 heavy (non-hydrogen) atoms. The summed E-state index contributed by atoms with van der Waals surface area (Å²) in [6, 6.07) is 1.95. The van der Waals surface area contributed by atoms with Gasteiger partial charge >= 0.3 is 0 Å². The molecule has 56 valence electrons. The first-order valence-electron chi connectivity index (χ1n) is 3.22. The van der Waals surface area contributed by atoms with Gasteiger partial charge in [0.05, 0.1) is 5.69 Å². The standard InChI is InChI=1S/C7H11NOS/c1-5(2)7-3-6(8-9)4-10-7/h3-5,8-9H,1-2H3. The molecule has 0 fully saturated rings. The molecule has 0 saturated carbocycles. The largest absolute Gasteiger partial charge is 0.291 e. The number of nitrogens with one attached hydrogen (secondary N) is 1. The zero-order valence-corrected chi connectivity index (χ0v) is 6.90. The Morgan fingerprint density at radius 3 is 2.60 bits per heavy atom. The maximum absolute atomic E-state index is 8.49. The Balaban J connectivity index is 2.78. The van der Waals surface area contributed by atoms with Gasteiger partial charge in [-0.3, -0.25) is 10.7 Å². The third-order valence-corrected chi connectivity index (χ3v) is 2.55. The molecule has 3 heteroatoms. The van der Waals surface area contributed by atoms with Gasteiger partial charge in [0.2, 0.25) is 0 Å². The van der Waals surface area contributed by atoms with Crippen molar-refractivity contribution in [2.75, 3.05) is 5.48 Å². The van der Waals surface area contributed by atoms with E-state index in [1.807, 2.05) is 11.4 Å². The van der Waals surface area contributed by atoms with Crippen molar-refractivity contribution in [3.05, 3.63) is 16.3 Å². The third kappa shape index (κ3) is 1.49. The fourth-order valence-corrected chi connectivity index (χ4v) is 1.57. The van der Waals surface area contributed by atoms with Crippen LogP contribution in [0.2, 0.25) is 0 Å². The van der Waals surface area contributed by atoms with Gasteiger partial charge in [0.25, 0.3) is 0 Å². The quantitative estimate of drug-likeness (QED) is 0.647. The van der Waals surface area contributed by atoms with Crippen LogP contribution < -0.4 is 5.48 Å². The van der Waals surface area contributed by atoms with E-state index in [-0.39, 0.29) is 0 Å². The minimum Gasteiger partial charge on any atom is -0.291 e. The van der Waals surface area contributed by atoms with Crippen LogP contribution in [-0.4, -0.2) is 5.21 Å². The fourth-order valence-electron chi connectivity index (χ4n) is 0.714. The average Bonchev–Trinajstić information content (AvgIpc) is 2.34. The van der Waals surface area contributed by atoms with Crippen molar-refractivity contribution in [2.24, 2.45) is 0 Å². The van der Waals surface area contributed by atoms with Gasteiger partial charge in [-0.1, -0.05) is 13.8 Å². The van der Waals surface area contributed by atoms with Crippen LogP contribution in [0, 0.1) is 0 Å². The highest BCUT2D eigenvalue weighted by Crippen LogP contribution is 2.25. The molecule has 0 bridgehead atoms. The van der Waals surface area contributed by atoms with Gasteiger partial charge in [0, 0.05) is 10.3 Å². The molecular weight excluding hydrogens is 146 g/mol. The maximum atomic E-state index is 8.49. The van der Waals surface area contributed by atoms with Crippen molar-refractivity contribution in [1.29, 1.82) is 0 Å². The summed E-state index contributed by atoms with van der Waals surface area (Å²) < 4.78 is 0. The molecule has 0 aliphatic rings. The van der Waals surface area contributed by atoms with Gasteiger partial charge < -0.3 is 0 Å². The van der Waals surface area contributed by atoms with Crippen molar-refractivity contribution < 1.29 is 5.21 Å². The van der Waals surface area contributed by atoms with Gasteiger partial charge in [-0.15, -0.1) is 11.3 Å². The lowest BCUT2D eigenvalue weighted by Crippen LogP contribution is -1.85. The van der Waals surface area contributed by atoms with Crippen LogP contribution in [0.4, 0.5) is 5.69 Å². The molecule has 1 heterocycles. The topological polar surface area (TPSA) is 32.3 Å². The monoisotopic (exact) mass is 157 g/mol. The number of thiophene rings is 1. The van der Waals surface area contributed by atoms with Crippen molar-refractivity contribution in [3.8, 4) is 0 Å². The lowest BCUT2D eigenvalue weighted by Gasteiger charge is -1.96. The number of hydrogen-bond acceptors (Lipinski definition) is 3. The molecule has 0 unspecified atom stereocenters. The first-order valence-corrected chi connectivity index (χ1v) is 4.10. The summed E-state index contributed by atoms with van der Waals surface area (Å²) in [4.78, 5) is 1.29. The summed E-state index contributed by atoms with van der Waals surface area (Å²) in [6.45, 7) is 4.26. The molecule has 1 aromatic rings. The Hall–Kier alpha value is -0.540. The molecule has 0 radical (unpaired) electrons. The van der Waals surface area contributed by atoms with E-state index in [4.69, 9.17) is 5.21 Å². The van der Waals surface area contributed by atoms with E-state index in [0.29, 0.717) is 5.92 Å². The average molecular weight is 157 g/mol. The summed E-state index contributed by atoms with van der Waals surface area (Å²) in [5.41, 5.74) is 2.90. The first-order chi connectivity index (χ1) is 4.74. The van der Waals surface area contributed by atoms with E-state index in [0.717, 1.165) is 5.69 Å². The SMILES string of the molecule is CC(C)c1cc(NO)cs1. The summed E-state index contributed by atoms with van der Waals surface area (Å²) >= 11 is 1.66. The predicted molar refractivity (Wildman–Crippen MR) is 43.8 cm³/mol. The summed E-state index contributed by atoms with van der Waals surface area (Å²) in [7, 11) is 0. The molecule has 0 aliphatic heterocycles.